The van der Waals surface area contributed by atoms with E-state index in [0.717, 1.165) is 124 Å². The van der Waals surface area contributed by atoms with Crippen LogP contribution in [0.25, 0.3) is 0 Å². The molecular weight excluding hydrogens is 1600 g/mol. The quantitative estimate of drug-likeness (QED) is 0.0266. The number of anilines is 6. The van der Waals surface area contributed by atoms with Crippen molar-refractivity contribution in [1.82, 2.24) is 30.9 Å². The molecule has 0 unspecified atom stereocenters. The summed E-state index contributed by atoms with van der Waals surface area (Å²) in [6.07, 6.45) is 3.58. The minimum atomic E-state index is -0.193. The fourth-order valence-corrected chi connectivity index (χ4v) is 11.5. The van der Waals surface area contributed by atoms with Crippen molar-refractivity contribution in [2.45, 2.75) is 244 Å². The smallest absolute Gasteiger partial charge is 0.226 e. The molecule has 1 aliphatic rings. The third kappa shape index (κ3) is 52.0. The zero-order valence-electron chi connectivity index (χ0n) is 83.2. The Hall–Kier alpha value is -9.44. The summed E-state index contributed by atoms with van der Waals surface area (Å²) in [6, 6.07) is 49.8. The van der Waals surface area contributed by atoms with Crippen LogP contribution in [0.15, 0.2) is 170 Å². The summed E-state index contributed by atoms with van der Waals surface area (Å²) < 4.78 is 57.2. The number of aryl methyl sites for hydroxylation is 5. The number of nitrogens with zero attached hydrogens (tertiary/aromatic N) is 4. The van der Waals surface area contributed by atoms with Gasteiger partial charge in [-0.15, -0.1) is 0 Å². The third-order valence-electron chi connectivity index (χ3n) is 18.2. The molecule has 0 radical (unpaired) electrons. The Kier molecular flexibility index (Phi) is 46.9. The number of nitrogens with one attached hydrogen (secondary N) is 8. The van der Waals surface area contributed by atoms with E-state index in [2.05, 4.69) is 306 Å². The number of hydrogen-bond acceptors (Lipinski definition) is 18. The van der Waals surface area contributed by atoms with Crippen LogP contribution in [0.4, 0.5) is 43.3 Å². The van der Waals surface area contributed by atoms with Crippen molar-refractivity contribution in [3.8, 4) is 28.7 Å². The molecule has 126 heavy (non-hydrogen) atoms. The molecular formula is C105H161ClF2N12O6. The summed E-state index contributed by atoms with van der Waals surface area (Å²) in [4.78, 5) is 15.0. The molecule has 0 aliphatic carbocycles. The number of aromatic nitrogens is 3. The van der Waals surface area contributed by atoms with Crippen LogP contribution in [0, 0.1) is 73.3 Å². The van der Waals surface area contributed by atoms with Crippen LogP contribution < -0.4 is 71.1 Å². The van der Waals surface area contributed by atoms with Crippen molar-refractivity contribution < 1.29 is 37.2 Å². The zero-order valence-corrected chi connectivity index (χ0v) is 84.0. The van der Waals surface area contributed by atoms with Crippen LogP contribution in [0.3, 0.4) is 0 Å². The highest BCUT2D eigenvalue weighted by Gasteiger charge is 2.20. The molecule has 698 valence electrons. The highest BCUT2D eigenvalue weighted by atomic mass is 35.5. The first-order valence-electron chi connectivity index (χ1n) is 44.0. The fourth-order valence-electron chi connectivity index (χ4n) is 11.3. The van der Waals surface area contributed by atoms with Gasteiger partial charge in [0.15, 0.2) is 11.5 Å². The van der Waals surface area contributed by atoms with Gasteiger partial charge < -0.3 is 75.9 Å². The Morgan fingerprint density at radius 3 is 1.24 bits per heavy atom. The minimum Gasteiger partial charge on any atom is -0.497 e. The third-order valence-corrected chi connectivity index (χ3v) is 18.4. The molecule has 0 bridgehead atoms. The number of ether oxygens (including phenoxy) is 6. The Morgan fingerprint density at radius 1 is 0.405 bits per heavy atom. The Bertz CT molecular complexity index is 4410. The highest BCUT2D eigenvalue weighted by Crippen LogP contribution is 2.39. The van der Waals surface area contributed by atoms with E-state index < -0.39 is 0 Å². The largest absolute Gasteiger partial charge is 0.497 e. The van der Waals surface area contributed by atoms with Gasteiger partial charge in [-0.05, 0) is 254 Å². The van der Waals surface area contributed by atoms with Crippen LogP contribution in [0.2, 0.25) is 5.15 Å². The van der Waals surface area contributed by atoms with Gasteiger partial charge in [0.1, 0.15) is 40.7 Å². The van der Waals surface area contributed by atoms with Crippen LogP contribution in [0.5, 0.6) is 28.7 Å². The summed E-state index contributed by atoms with van der Waals surface area (Å²) >= 11 is 6.07. The molecule has 0 amide bonds. The number of hydrogen-bond donors (Lipinski definition) is 8. The molecule has 0 atom stereocenters. The molecule has 1 aliphatic heterocycles. The minimum absolute atomic E-state index is 0.0698. The SMILES string of the molecule is CC(C)(C)CNc1ccc(F)cc1.CC(C)(C)CNc1ccc(OCc2cccnc2)cc1.CC(C)(C)CNc1nc(Cl)cc(N2CCOCC2)n1.CC(C)(C)NCc1ccc(F)cc1.COc1cc(CNC(C)(C)C)cc(OC)c1OC.COc1ccc(CNC(C)(C)C)cc1.Cc1cc(C)c(NCC(C)(C)C)c(C)c1.Cc1ccc(NCC(C)(C)C)c(C)c1. The Morgan fingerprint density at radius 2 is 0.817 bits per heavy atom. The van der Waals surface area contributed by atoms with Crippen LogP contribution >= 0.6 is 11.6 Å². The van der Waals surface area contributed by atoms with Crippen molar-refractivity contribution >= 4 is 46.1 Å². The highest BCUT2D eigenvalue weighted by molar-refractivity contribution is 6.29. The zero-order chi connectivity index (χ0) is 94.9. The molecule has 0 saturated carbocycles. The van der Waals surface area contributed by atoms with Gasteiger partial charge in [-0.3, -0.25) is 4.98 Å². The molecule has 18 nitrogen and oxygen atoms in total. The summed E-state index contributed by atoms with van der Waals surface area (Å²) in [6.45, 7) is 73.8. The first-order valence-corrected chi connectivity index (χ1v) is 44.4. The van der Waals surface area contributed by atoms with Gasteiger partial charge in [0.2, 0.25) is 11.7 Å². The number of halogens is 3. The van der Waals surface area contributed by atoms with E-state index in [1.54, 1.807) is 65.0 Å². The molecule has 8 N–H and O–H groups in total. The predicted molar refractivity (Wildman–Crippen MR) is 533 cm³/mol. The number of rotatable bonds is 24. The van der Waals surface area contributed by atoms with E-state index >= 15 is 0 Å². The lowest BCUT2D eigenvalue weighted by Crippen LogP contribution is -2.37. The molecule has 2 aromatic heterocycles. The molecule has 7 aromatic carbocycles. The summed E-state index contributed by atoms with van der Waals surface area (Å²) in [5, 5.41) is 27.6. The van der Waals surface area contributed by atoms with E-state index in [1.807, 2.05) is 66.9 Å². The molecule has 0 spiro atoms. The van der Waals surface area contributed by atoms with Gasteiger partial charge >= 0.3 is 0 Å². The first kappa shape index (κ1) is 111. The van der Waals surface area contributed by atoms with E-state index in [1.165, 1.54) is 69.0 Å². The first-order chi connectivity index (χ1) is 58.5. The second kappa shape index (κ2) is 53.4. The standard InChI is InChI=1S/C17H22N2O.C14H23NO3.C14H23N.C13H21ClN4O.C13H21N.C12H19NO.2C11H16FN/c1-17(2,3)13-19-15-6-8-16(9-7-15)20-12-14-5-4-10-18-11-14;1-14(2,3)15-9-10-7-11(16-4)13(18-6)12(8-10)17-5;1-10-7-11(2)13(12(3)8-10)15-9-14(4,5)6;1-13(2,3)9-15-12-16-10(14)8-11(17-12)18-4-6-19-7-5-18;1-10-6-7-12(11(2)8-10)14-9-13(3,4)5;1-12(2,3)13-9-10-5-7-11(14-4)8-6-10;1-11(2,3)8-13-10-6-4-9(12)5-7-10;1-11(2,3)13-8-9-4-6-10(12)7-5-9/h4-11,19H,12-13H2,1-3H3;7-8,15H,9H2,1-6H3;7-8,15H,9H2,1-6H3;8H,4-7,9H2,1-3H3,(H,15,16,17);6-8,14H,9H2,1-5H3;5-8,13H,9H2,1-4H3;2*4-7,13H,8H2,1-3H3. The predicted octanol–water partition coefficient (Wildman–Crippen LogP) is 25.6. The van der Waals surface area contributed by atoms with Crippen LogP contribution in [-0.4, -0.2) is 119 Å². The second-order valence-electron chi connectivity index (χ2n) is 41.1. The number of benzene rings is 7. The lowest BCUT2D eigenvalue weighted by Gasteiger charge is -2.28. The van der Waals surface area contributed by atoms with Crippen LogP contribution in [0.1, 0.15) is 216 Å². The average Bonchev–Trinajstić information content (AvgIpc) is 0.846. The topological polar surface area (TPSA) is 194 Å². The second-order valence-corrected chi connectivity index (χ2v) is 41.5. The Labute approximate surface area is 765 Å². The van der Waals surface area contributed by atoms with Gasteiger partial charge in [0, 0.05) is 129 Å². The molecule has 3 heterocycles. The van der Waals surface area contributed by atoms with Gasteiger partial charge in [0.05, 0.1) is 41.7 Å². The van der Waals surface area contributed by atoms with Gasteiger partial charge in [-0.1, -0.05) is 181 Å². The summed E-state index contributed by atoms with van der Waals surface area (Å²) in [5.41, 5.74) is 17.6. The fraction of sp³-hybridized carbons (Fsp3) is 0.514. The molecule has 1 fully saturated rings. The van der Waals surface area contributed by atoms with Gasteiger partial charge in [-0.2, -0.15) is 4.98 Å². The van der Waals surface area contributed by atoms with Crippen molar-refractivity contribution in [3.05, 3.63) is 237 Å². The van der Waals surface area contributed by atoms with Gasteiger partial charge in [0.25, 0.3) is 0 Å². The van der Waals surface area contributed by atoms with Crippen molar-refractivity contribution in [3.63, 3.8) is 0 Å². The van der Waals surface area contributed by atoms with Crippen molar-refractivity contribution in [2.75, 3.05) is 119 Å². The van der Waals surface area contributed by atoms with E-state index in [0.29, 0.717) is 45.8 Å². The monoisotopic (exact) mass is 1760 g/mol. The maximum Gasteiger partial charge on any atom is 0.226 e. The van der Waals surface area contributed by atoms with Crippen molar-refractivity contribution in [1.29, 1.82) is 0 Å². The van der Waals surface area contributed by atoms with E-state index in [4.69, 9.17) is 40.0 Å². The normalized spacial score (nSPS) is 12.2. The number of methoxy groups -OCH3 is 4. The lowest BCUT2D eigenvalue weighted by atomic mass is 9.96. The molecule has 10 rings (SSSR count). The van der Waals surface area contributed by atoms with Gasteiger partial charge in [-0.25, -0.2) is 13.8 Å². The van der Waals surface area contributed by atoms with Crippen molar-refractivity contribution in [2.24, 2.45) is 27.1 Å². The van der Waals surface area contributed by atoms with Crippen LogP contribution in [-0.2, 0) is 31.0 Å². The molecule has 21 heteroatoms. The lowest BCUT2D eigenvalue weighted by molar-refractivity contribution is 0.122. The maximum absolute atomic E-state index is 12.5. The molecule has 9 aromatic rings. The maximum atomic E-state index is 12.5. The summed E-state index contributed by atoms with van der Waals surface area (Å²) in [5.74, 6) is 4.84. The molecule has 1 saturated heterocycles. The number of morpholine rings is 1. The Balaban J connectivity index is 0.000000373. The average molecular weight is 1760 g/mol. The van der Waals surface area contributed by atoms with E-state index in [-0.39, 0.29) is 44.5 Å². The summed E-state index contributed by atoms with van der Waals surface area (Å²) in [7, 11) is 6.53. The van der Waals surface area contributed by atoms with E-state index in [9.17, 15) is 8.78 Å². The number of pyridine rings is 1.